The van der Waals surface area contributed by atoms with Gasteiger partial charge in [-0.25, -0.2) is 0 Å². The summed E-state index contributed by atoms with van der Waals surface area (Å²) in [7, 11) is 1.76. The highest BCUT2D eigenvalue weighted by Gasteiger charge is 2.34. The Balaban J connectivity index is 2.06. The summed E-state index contributed by atoms with van der Waals surface area (Å²) in [4.78, 5) is 14.1. The lowest BCUT2D eigenvalue weighted by atomic mass is 10.1. The van der Waals surface area contributed by atoms with E-state index < -0.39 is 23.7 Å². The number of benzene rings is 2. The van der Waals surface area contributed by atoms with Crippen LogP contribution in [0.2, 0.25) is 0 Å². The molecule has 6 heteroatoms. The standard InChI is InChI=1S/C19H21F3N2O/c1-13-8-10-15(11-9-13)12-24(3)14(2)18(25)23-17-7-5-4-6-16(17)19(20,21)22/h4-11,14H,12H2,1-3H3,(H,23,25). The van der Waals surface area contributed by atoms with Crippen LogP contribution in [0.5, 0.6) is 0 Å². The van der Waals surface area contributed by atoms with Gasteiger partial charge in [-0.15, -0.1) is 0 Å². The molecule has 0 aromatic heterocycles. The van der Waals surface area contributed by atoms with Crippen LogP contribution < -0.4 is 5.32 Å². The second-order valence-electron chi connectivity index (χ2n) is 6.11. The van der Waals surface area contributed by atoms with Crippen molar-refractivity contribution in [1.29, 1.82) is 0 Å². The van der Waals surface area contributed by atoms with Gasteiger partial charge in [-0.1, -0.05) is 42.0 Å². The van der Waals surface area contributed by atoms with E-state index in [1.165, 1.54) is 18.2 Å². The number of alkyl halides is 3. The number of carbonyl (C=O) groups excluding carboxylic acids is 1. The SMILES string of the molecule is Cc1ccc(CN(C)C(C)C(=O)Nc2ccccc2C(F)(F)F)cc1. The van der Waals surface area contributed by atoms with Gasteiger partial charge in [0.25, 0.3) is 0 Å². The number of aryl methyl sites for hydroxylation is 1. The molecule has 25 heavy (non-hydrogen) atoms. The molecule has 0 aliphatic rings. The Morgan fingerprint density at radius 1 is 1.12 bits per heavy atom. The van der Waals surface area contributed by atoms with E-state index in [1.807, 2.05) is 31.2 Å². The predicted octanol–water partition coefficient (Wildman–Crippen LogP) is 4.47. The minimum atomic E-state index is -4.51. The first-order valence-electron chi connectivity index (χ1n) is 7.91. The molecule has 134 valence electrons. The lowest BCUT2D eigenvalue weighted by molar-refractivity contribution is -0.137. The maximum absolute atomic E-state index is 13.0. The van der Waals surface area contributed by atoms with Gasteiger partial charge in [0, 0.05) is 6.54 Å². The van der Waals surface area contributed by atoms with Gasteiger partial charge in [0.1, 0.15) is 0 Å². The molecule has 0 fully saturated rings. The molecule has 0 radical (unpaired) electrons. The summed E-state index contributed by atoms with van der Waals surface area (Å²) in [5.41, 5.74) is 1.09. The fraction of sp³-hybridized carbons (Fsp3) is 0.316. The molecule has 1 unspecified atom stereocenters. The monoisotopic (exact) mass is 350 g/mol. The summed E-state index contributed by atoms with van der Waals surface area (Å²) >= 11 is 0. The maximum Gasteiger partial charge on any atom is 0.418 e. The van der Waals surface area contributed by atoms with E-state index in [9.17, 15) is 18.0 Å². The first-order chi connectivity index (χ1) is 11.7. The van der Waals surface area contributed by atoms with E-state index in [4.69, 9.17) is 0 Å². The van der Waals surface area contributed by atoms with E-state index in [0.717, 1.165) is 17.2 Å². The van der Waals surface area contributed by atoms with E-state index in [0.29, 0.717) is 6.54 Å². The molecule has 2 rings (SSSR count). The minimum Gasteiger partial charge on any atom is -0.324 e. The zero-order chi connectivity index (χ0) is 18.6. The number of nitrogens with one attached hydrogen (secondary N) is 1. The van der Waals surface area contributed by atoms with Gasteiger partial charge in [0.05, 0.1) is 17.3 Å². The van der Waals surface area contributed by atoms with Crippen LogP contribution in [0.3, 0.4) is 0 Å². The van der Waals surface area contributed by atoms with Crippen molar-refractivity contribution in [3.05, 3.63) is 65.2 Å². The Morgan fingerprint density at radius 2 is 1.72 bits per heavy atom. The Morgan fingerprint density at radius 3 is 2.32 bits per heavy atom. The maximum atomic E-state index is 13.0. The number of amides is 1. The van der Waals surface area contributed by atoms with Crippen LogP contribution in [0.4, 0.5) is 18.9 Å². The summed E-state index contributed by atoms with van der Waals surface area (Å²) in [6, 6.07) is 12.3. The largest absolute Gasteiger partial charge is 0.418 e. The molecule has 0 spiro atoms. The lowest BCUT2D eigenvalue weighted by Crippen LogP contribution is -2.39. The molecule has 1 amide bonds. The van der Waals surface area contributed by atoms with E-state index >= 15 is 0 Å². The van der Waals surface area contributed by atoms with Gasteiger partial charge in [0.2, 0.25) is 5.91 Å². The summed E-state index contributed by atoms with van der Waals surface area (Å²) in [6.45, 7) is 4.18. The van der Waals surface area contributed by atoms with Crippen LogP contribution in [0.15, 0.2) is 48.5 Å². The topological polar surface area (TPSA) is 32.3 Å². The van der Waals surface area contributed by atoms with E-state index in [1.54, 1.807) is 18.9 Å². The molecular formula is C19H21F3N2O. The molecule has 0 saturated carbocycles. The number of anilines is 1. The average Bonchev–Trinajstić information content (AvgIpc) is 2.55. The van der Waals surface area contributed by atoms with Crippen molar-refractivity contribution in [2.75, 3.05) is 12.4 Å². The Labute approximate surface area is 145 Å². The molecule has 0 saturated heterocycles. The van der Waals surface area contributed by atoms with Crippen LogP contribution in [0.1, 0.15) is 23.6 Å². The van der Waals surface area contributed by atoms with Crippen molar-refractivity contribution >= 4 is 11.6 Å². The number of halogens is 3. The van der Waals surface area contributed by atoms with E-state index in [-0.39, 0.29) is 5.69 Å². The highest BCUT2D eigenvalue weighted by molar-refractivity contribution is 5.95. The van der Waals surface area contributed by atoms with Crippen LogP contribution in [0.25, 0.3) is 0 Å². The number of hydrogen-bond acceptors (Lipinski definition) is 2. The number of nitrogens with zero attached hydrogens (tertiary/aromatic N) is 1. The second kappa shape index (κ2) is 7.70. The van der Waals surface area contributed by atoms with Gasteiger partial charge in [-0.3, -0.25) is 9.69 Å². The molecule has 0 aliphatic heterocycles. The quantitative estimate of drug-likeness (QED) is 0.863. The Bertz CT molecular complexity index is 726. The van der Waals surface area contributed by atoms with Gasteiger partial charge in [-0.2, -0.15) is 13.2 Å². The second-order valence-corrected chi connectivity index (χ2v) is 6.11. The summed E-state index contributed by atoms with van der Waals surface area (Å²) in [5.74, 6) is -0.480. The molecule has 2 aromatic carbocycles. The summed E-state index contributed by atoms with van der Waals surface area (Å²) in [5, 5.41) is 2.39. The first kappa shape index (κ1) is 19.0. The van der Waals surface area contributed by atoms with Crippen LogP contribution in [-0.4, -0.2) is 23.9 Å². The fourth-order valence-corrected chi connectivity index (χ4v) is 2.40. The number of likely N-dealkylation sites (N-methyl/N-ethyl adjacent to an activating group) is 1. The number of carbonyl (C=O) groups is 1. The molecular weight excluding hydrogens is 329 g/mol. The van der Waals surface area contributed by atoms with Gasteiger partial charge >= 0.3 is 6.18 Å². The molecule has 1 N–H and O–H groups in total. The van der Waals surface area contributed by atoms with Crippen molar-refractivity contribution in [2.24, 2.45) is 0 Å². The zero-order valence-electron chi connectivity index (χ0n) is 14.4. The Hall–Kier alpha value is -2.34. The number of rotatable bonds is 5. The summed E-state index contributed by atoms with van der Waals surface area (Å²) in [6.07, 6.45) is -4.51. The third-order valence-electron chi connectivity index (χ3n) is 4.08. The normalized spacial score (nSPS) is 12.9. The molecule has 2 aromatic rings. The first-order valence-corrected chi connectivity index (χ1v) is 7.91. The number of para-hydroxylation sites is 1. The smallest absolute Gasteiger partial charge is 0.324 e. The minimum absolute atomic E-state index is 0.226. The van der Waals surface area contributed by atoms with E-state index in [2.05, 4.69) is 5.32 Å². The Kier molecular flexibility index (Phi) is 5.85. The predicted molar refractivity (Wildman–Crippen MR) is 92.2 cm³/mol. The lowest BCUT2D eigenvalue weighted by Gasteiger charge is -2.24. The highest BCUT2D eigenvalue weighted by atomic mass is 19.4. The molecule has 0 bridgehead atoms. The van der Waals surface area contributed by atoms with Crippen molar-refractivity contribution in [1.82, 2.24) is 4.90 Å². The van der Waals surface area contributed by atoms with Crippen LogP contribution >= 0.6 is 0 Å². The zero-order valence-corrected chi connectivity index (χ0v) is 14.4. The molecule has 3 nitrogen and oxygen atoms in total. The molecule has 0 aliphatic carbocycles. The van der Waals surface area contributed by atoms with Gasteiger partial charge in [0.15, 0.2) is 0 Å². The third-order valence-corrected chi connectivity index (χ3v) is 4.08. The van der Waals surface area contributed by atoms with Crippen molar-refractivity contribution in [2.45, 2.75) is 32.6 Å². The van der Waals surface area contributed by atoms with Crippen LogP contribution in [-0.2, 0) is 17.5 Å². The highest BCUT2D eigenvalue weighted by Crippen LogP contribution is 2.34. The van der Waals surface area contributed by atoms with Crippen molar-refractivity contribution in [3.8, 4) is 0 Å². The third kappa shape index (κ3) is 5.06. The number of hydrogen-bond donors (Lipinski definition) is 1. The summed E-state index contributed by atoms with van der Waals surface area (Å²) < 4.78 is 39.1. The van der Waals surface area contributed by atoms with Crippen molar-refractivity contribution < 1.29 is 18.0 Å². The van der Waals surface area contributed by atoms with Gasteiger partial charge in [-0.05, 0) is 38.6 Å². The van der Waals surface area contributed by atoms with Crippen LogP contribution in [0, 0.1) is 6.92 Å². The molecule has 0 heterocycles. The van der Waals surface area contributed by atoms with Gasteiger partial charge < -0.3 is 5.32 Å². The van der Waals surface area contributed by atoms with Crippen molar-refractivity contribution in [3.63, 3.8) is 0 Å². The molecule has 1 atom stereocenters. The average molecular weight is 350 g/mol. The fourth-order valence-electron chi connectivity index (χ4n) is 2.40.